The second kappa shape index (κ2) is 6.41. The Bertz CT molecular complexity index is 471. The van der Waals surface area contributed by atoms with E-state index in [0.717, 1.165) is 5.75 Å². The third kappa shape index (κ3) is 3.61. The summed E-state index contributed by atoms with van der Waals surface area (Å²) in [5.41, 5.74) is 9.95. The van der Waals surface area contributed by atoms with E-state index < -0.39 is 0 Å². The predicted octanol–water partition coefficient (Wildman–Crippen LogP) is 4.30. The highest BCUT2D eigenvalue weighted by molar-refractivity contribution is 7.98. The third-order valence-corrected chi connectivity index (χ3v) is 5.29. The zero-order chi connectivity index (χ0) is 13.0. The van der Waals surface area contributed by atoms with Crippen LogP contribution >= 0.6 is 23.1 Å². The molecule has 18 heavy (non-hydrogen) atoms. The standard InChI is InChI=1S/C15H19NS2/c1-11-6-12(2)8-13(7-11)10-18-15(9-16)14-4-3-5-17-14/h3-8,15H,9-10,16H2,1-2H3. The van der Waals surface area contributed by atoms with Gasteiger partial charge >= 0.3 is 0 Å². The lowest BCUT2D eigenvalue weighted by atomic mass is 10.1. The lowest BCUT2D eigenvalue weighted by Gasteiger charge is -2.13. The average molecular weight is 277 g/mol. The molecule has 1 aromatic heterocycles. The van der Waals surface area contributed by atoms with Crippen molar-refractivity contribution >= 4 is 23.1 Å². The number of thiophene rings is 1. The van der Waals surface area contributed by atoms with E-state index in [-0.39, 0.29) is 0 Å². The molecule has 0 saturated carbocycles. The van der Waals surface area contributed by atoms with Gasteiger partial charge in [0.15, 0.2) is 0 Å². The van der Waals surface area contributed by atoms with Crippen LogP contribution in [-0.4, -0.2) is 6.54 Å². The lowest BCUT2D eigenvalue weighted by Crippen LogP contribution is -2.08. The van der Waals surface area contributed by atoms with Crippen LogP contribution in [0, 0.1) is 13.8 Å². The Hall–Kier alpha value is -0.770. The van der Waals surface area contributed by atoms with E-state index in [4.69, 9.17) is 5.73 Å². The summed E-state index contributed by atoms with van der Waals surface area (Å²) in [4.78, 5) is 1.38. The molecule has 1 aromatic carbocycles. The first-order valence-electron chi connectivity index (χ1n) is 6.11. The molecule has 1 atom stereocenters. The Labute approximate surface area is 117 Å². The van der Waals surface area contributed by atoms with Gasteiger partial charge in [0.05, 0.1) is 5.25 Å². The van der Waals surface area contributed by atoms with E-state index in [0.29, 0.717) is 11.8 Å². The maximum atomic E-state index is 5.87. The molecule has 0 bridgehead atoms. The summed E-state index contributed by atoms with van der Waals surface area (Å²) >= 11 is 3.73. The van der Waals surface area contributed by atoms with Crippen LogP contribution in [-0.2, 0) is 5.75 Å². The van der Waals surface area contributed by atoms with Gasteiger partial charge in [-0.15, -0.1) is 23.1 Å². The van der Waals surface area contributed by atoms with Gasteiger partial charge in [-0.25, -0.2) is 0 Å². The number of nitrogens with two attached hydrogens (primary N) is 1. The van der Waals surface area contributed by atoms with Crippen molar-refractivity contribution in [3.8, 4) is 0 Å². The molecule has 1 nitrogen and oxygen atoms in total. The van der Waals surface area contributed by atoms with Crippen molar-refractivity contribution in [1.82, 2.24) is 0 Å². The molecule has 1 heterocycles. The fourth-order valence-electron chi connectivity index (χ4n) is 2.09. The van der Waals surface area contributed by atoms with Crippen LogP contribution in [0.25, 0.3) is 0 Å². The van der Waals surface area contributed by atoms with Crippen molar-refractivity contribution in [3.05, 3.63) is 57.3 Å². The average Bonchev–Trinajstić information content (AvgIpc) is 2.82. The molecule has 0 aliphatic rings. The van der Waals surface area contributed by atoms with E-state index in [1.807, 2.05) is 11.8 Å². The van der Waals surface area contributed by atoms with Gasteiger partial charge < -0.3 is 5.73 Å². The molecule has 0 spiro atoms. The van der Waals surface area contributed by atoms with Crippen molar-refractivity contribution in [2.24, 2.45) is 5.73 Å². The summed E-state index contributed by atoms with van der Waals surface area (Å²) in [6.45, 7) is 5.01. The number of rotatable bonds is 5. The van der Waals surface area contributed by atoms with Crippen LogP contribution < -0.4 is 5.73 Å². The molecule has 2 rings (SSSR count). The summed E-state index contributed by atoms with van der Waals surface area (Å²) in [5, 5.41) is 2.54. The molecule has 0 aliphatic carbocycles. The number of thioether (sulfide) groups is 1. The normalized spacial score (nSPS) is 12.6. The number of benzene rings is 1. The van der Waals surface area contributed by atoms with Crippen LogP contribution in [0.5, 0.6) is 0 Å². The molecule has 0 fully saturated rings. The number of hydrogen-bond donors (Lipinski definition) is 1. The van der Waals surface area contributed by atoms with Crippen molar-refractivity contribution in [1.29, 1.82) is 0 Å². The Balaban J connectivity index is 2.01. The van der Waals surface area contributed by atoms with Crippen LogP contribution in [0.1, 0.15) is 26.8 Å². The summed E-state index contributed by atoms with van der Waals surface area (Å²) in [7, 11) is 0. The zero-order valence-electron chi connectivity index (χ0n) is 10.8. The Morgan fingerprint density at radius 1 is 1.22 bits per heavy atom. The fraction of sp³-hybridized carbons (Fsp3) is 0.333. The van der Waals surface area contributed by atoms with Crippen molar-refractivity contribution in [2.75, 3.05) is 6.54 Å². The van der Waals surface area contributed by atoms with Gasteiger partial charge in [0, 0.05) is 17.2 Å². The van der Waals surface area contributed by atoms with E-state index in [9.17, 15) is 0 Å². The van der Waals surface area contributed by atoms with E-state index >= 15 is 0 Å². The molecule has 2 N–H and O–H groups in total. The topological polar surface area (TPSA) is 26.0 Å². The lowest BCUT2D eigenvalue weighted by molar-refractivity contribution is 0.959. The van der Waals surface area contributed by atoms with E-state index in [2.05, 4.69) is 49.6 Å². The first kappa shape index (κ1) is 13.7. The van der Waals surface area contributed by atoms with Crippen LogP contribution in [0.4, 0.5) is 0 Å². The smallest absolute Gasteiger partial charge is 0.0516 e. The Morgan fingerprint density at radius 3 is 2.50 bits per heavy atom. The van der Waals surface area contributed by atoms with Crippen molar-refractivity contribution in [3.63, 3.8) is 0 Å². The molecular weight excluding hydrogens is 258 g/mol. The fourth-order valence-corrected chi connectivity index (χ4v) is 4.12. The summed E-state index contributed by atoms with van der Waals surface area (Å²) in [6.07, 6.45) is 0. The Kier molecular flexibility index (Phi) is 4.87. The zero-order valence-corrected chi connectivity index (χ0v) is 12.5. The highest BCUT2D eigenvalue weighted by atomic mass is 32.2. The van der Waals surface area contributed by atoms with Gasteiger partial charge in [-0.3, -0.25) is 0 Å². The molecular formula is C15H19NS2. The molecule has 2 aromatic rings. The first-order valence-corrected chi connectivity index (χ1v) is 8.04. The van der Waals surface area contributed by atoms with Crippen LogP contribution in [0.3, 0.4) is 0 Å². The van der Waals surface area contributed by atoms with Gasteiger partial charge in [0.25, 0.3) is 0 Å². The predicted molar refractivity (Wildman–Crippen MR) is 83.3 cm³/mol. The minimum absolute atomic E-state index is 0.422. The minimum atomic E-state index is 0.422. The summed E-state index contributed by atoms with van der Waals surface area (Å²) in [6, 6.07) is 11.0. The molecule has 1 unspecified atom stereocenters. The largest absolute Gasteiger partial charge is 0.329 e. The van der Waals surface area contributed by atoms with Crippen LogP contribution in [0.15, 0.2) is 35.7 Å². The SMILES string of the molecule is Cc1cc(C)cc(CSC(CN)c2cccs2)c1. The van der Waals surface area contributed by atoms with Gasteiger partial charge in [0.2, 0.25) is 0 Å². The maximum Gasteiger partial charge on any atom is 0.0516 e. The third-order valence-electron chi connectivity index (χ3n) is 2.81. The van der Waals surface area contributed by atoms with E-state index in [1.54, 1.807) is 11.3 Å². The highest BCUT2D eigenvalue weighted by Gasteiger charge is 2.11. The first-order chi connectivity index (χ1) is 8.69. The second-order valence-corrected chi connectivity index (χ2v) is 6.72. The van der Waals surface area contributed by atoms with Crippen LogP contribution in [0.2, 0.25) is 0 Å². The molecule has 0 saturated heterocycles. The number of hydrogen-bond acceptors (Lipinski definition) is 3. The Morgan fingerprint density at radius 2 is 1.94 bits per heavy atom. The molecule has 3 heteroatoms. The summed E-state index contributed by atoms with van der Waals surface area (Å²) < 4.78 is 0. The molecule has 96 valence electrons. The highest BCUT2D eigenvalue weighted by Crippen LogP contribution is 2.33. The van der Waals surface area contributed by atoms with Crippen molar-refractivity contribution in [2.45, 2.75) is 24.9 Å². The maximum absolute atomic E-state index is 5.87. The number of aryl methyl sites for hydroxylation is 2. The summed E-state index contributed by atoms with van der Waals surface area (Å²) in [5.74, 6) is 1.03. The van der Waals surface area contributed by atoms with Gasteiger partial charge in [-0.2, -0.15) is 0 Å². The van der Waals surface area contributed by atoms with Gasteiger partial charge in [-0.05, 0) is 30.9 Å². The minimum Gasteiger partial charge on any atom is -0.329 e. The second-order valence-electron chi connectivity index (χ2n) is 4.55. The molecule has 0 radical (unpaired) electrons. The van der Waals surface area contributed by atoms with Crippen molar-refractivity contribution < 1.29 is 0 Å². The molecule has 0 aliphatic heterocycles. The quantitative estimate of drug-likeness (QED) is 0.882. The van der Waals surface area contributed by atoms with Gasteiger partial charge in [0.1, 0.15) is 0 Å². The monoisotopic (exact) mass is 277 g/mol. The van der Waals surface area contributed by atoms with Gasteiger partial charge in [-0.1, -0.05) is 35.4 Å². The molecule has 0 amide bonds. The van der Waals surface area contributed by atoms with E-state index in [1.165, 1.54) is 21.6 Å².